The van der Waals surface area contributed by atoms with E-state index in [1.807, 2.05) is 38.2 Å². The number of rotatable bonds is 8. The van der Waals surface area contributed by atoms with E-state index in [0.717, 1.165) is 16.2 Å². The van der Waals surface area contributed by atoms with Gasteiger partial charge in [0, 0.05) is 12.2 Å². The molecule has 2 amide bonds. The van der Waals surface area contributed by atoms with E-state index in [-0.39, 0.29) is 24.9 Å². The lowest BCUT2D eigenvalue weighted by Crippen LogP contribution is -3.11. The number of benzene rings is 2. The minimum atomic E-state index is -0.140. The van der Waals surface area contributed by atoms with Gasteiger partial charge < -0.3 is 20.3 Å². The fourth-order valence-electron chi connectivity index (χ4n) is 2.46. The van der Waals surface area contributed by atoms with Crippen LogP contribution in [0.25, 0.3) is 0 Å². The SMILES string of the molecule is COc1ccc(NC(=O)C[NH+](C)CC(=O)NCc2ccc(C)cc2)cc1. The van der Waals surface area contributed by atoms with E-state index >= 15 is 0 Å². The van der Waals surface area contributed by atoms with Crippen molar-refractivity contribution in [1.82, 2.24) is 5.32 Å². The third-order valence-electron chi connectivity index (χ3n) is 3.91. The first-order valence-corrected chi connectivity index (χ1v) is 8.53. The summed E-state index contributed by atoms with van der Waals surface area (Å²) < 4.78 is 5.08. The van der Waals surface area contributed by atoms with Gasteiger partial charge in [-0.2, -0.15) is 0 Å². The highest BCUT2D eigenvalue weighted by molar-refractivity contribution is 5.91. The van der Waals surface area contributed by atoms with Crippen LogP contribution in [0.15, 0.2) is 48.5 Å². The largest absolute Gasteiger partial charge is 0.497 e. The van der Waals surface area contributed by atoms with Gasteiger partial charge in [-0.1, -0.05) is 29.8 Å². The van der Waals surface area contributed by atoms with E-state index < -0.39 is 0 Å². The molecule has 6 nitrogen and oxygen atoms in total. The number of nitrogens with one attached hydrogen (secondary N) is 3. The van der Waals surface area contributed by atoms with Gasteiger partial charge in [-0.05, 0) is 36.8 Å². The van der Waals surface area contributed by atoms with Gasteiger partial charge in [0.05, 0.1) is 14.2 Å². The Morgan fingerprint density at radius 2 is 1.58 bits per heavy atom. The molecule has 0 bridgehead atoms. The summed E-state index contributed by atoms with van der Waals surface area (Å²) in [6.07, 6.45) is 0. The first-order chi connectivity index (χ1) is 12.5. The van der Waals surface area contributed by atoms with Crippen LogP contribution in [0.2, 0.25) is 0 Å². The van der Waals surface area contributed by atoms with Gasteiger partial charge >= 0.3 is 0 Å². The van der Waals surface area contributed by atoms with Crippen LogP contribution >= 0.6 is 0 Å². The number of carbonyl (C=O) groups excluding carboxylic acids is 2. The molecule has 2 aromatic rings. The molecule has 0 fully saturated rings. The molecule has 26 heavy (non-hydrogen) atoms. The minimum Gasteiger partial charge on any atom is -0.497 e. The van der Waals surface area contributed by atoms with Crippen molar-refractivity contribution < 1.29 is 19.2 Å². The quantitative estimate of drug-likeness (QED) is 0.654. The summed E-state index contributed by atoms with van der Waals surface area (Å²) >= 11 is 0. The molecule has 0 saturated carbocycles. The first-order valence-electron chi connectivity index (χ1n) is 8.53. The van der Waals surface area contributed by atoms with Crippen LogP contribution in [0, 0.1) is 6.92 Å². The second kappa shape index (κ2) is 9.58. The number of methoxy groups -OCH3 is 1. The van der Waals surface area contributed by atoms with Crippen molar-refractivity contribution in [3.8, 4) is 5.75 Å². The van der Waals surface area contributed by atoms with Crippen LogP contribution in [0.1, 0.15) is 11.1 Å². The maximum Gasteiger partial charge on any atom is 0.279 e. The Morgan fingerprint density at radius 1 is 0.962 bits per heavy atom. The maximum absolute atomic E-state index is 12.1. The standard InChI is InChI=1S/C20H25N3O3/c1-15-4-6-16(7-5-15)12-21-19(24)13-23(2)14-20(25)22-17-8-10-18(26-3)11-9-17/h4-11H,12-14H2,1-3H3,(H,21,24)(H,22,25)/p+1. The number of ether oxygens (including phenoxy) is 1. The highest BCUT2D eigenvalue weighted by atomic mass is 16.5. The molecule has 3 N–H and O–H groups in total. The van der Waals surface area contributed by atoms with Crippen molar-refractivity contribution in [3.05, 3.63) is 59.7 Å². The number of carbonyl (C=O) groups is 2. The molecule has 0 radical (unpaired) electrons. The number of aryl methyl sites for hydroxylation is 1. The van der Waals surface area contributed by atoms with Crippen molar-refractivity contribution in [1.29, 1.82) is 0 Å². The summed E-state index contributed by atoms with van der Waals surface area (Å²) in [5, 5.41) is 5.69. The van der Waals surface area contributed by atoms with E-state index in [2.05, 4.69) is 10.6 Å². The topological polar surface area (TPSA) is 71.9 Å². The molecule has 1 unspecified atom stereocenters. The summed E-state index contributed by atoms with van der Waals surface area (Å²) in [5.41, 5.74) is 2.94. The molecule has 0 aromatic heterocycles. The Hall–Kier alpha value is -2.86. The average molecular weight is 356 g/mol. The van der Waals surface area contributed by atoms with E-state index in [4.69, 9.17) is 4.74 Å². The third kappa shape index (κ3) is 6.57. The highest BCUT2D eigenvalue weighted by Gasteiger charge is 2.14. The molecule has 0 aliphatic heterocycles. The smallest absolute Gasteiger partial charge is 0.279 e. The van der Waals surface area contributed by atoms with Crippen molar-refractivity contribution in [3.63, 3.8) is 0 Å². The van der Waals surface area contributed by atoms with Gasteiger partial charge in [-0.15, -0.1) is 0 Å². The summed E-state index contributed by atoms with van der Waals surface area (Å²) in [5.74, 6) is 0.510. The normalized spacial score (nSPS) is 11.5. The number of hydrogen-bond donors (Lipinski definition) is 3. The Morgan fingerprint density at radius 3 is 2.19 bits per heavy atom. The molecule has 0 heterocycles. The van der Waals surface area contributed by atoms with Gasteiger partial charge in [0.25, 0.3) is 11.8 Å². The van der Waals surface area contributed by atoms with Gasteiger partial charge in [0.2, 0.25) is 0 Å². The fourth-order valence-corrected chi connectivity index (χ4v) is 2.46. The molecule has 0 spiro atoms. The minimum absolute atomic E-state index is 0.0830. The zero-order valence-electron chi connectivity index (χ0n) is 15.5. The molecular formula is C20H26N3O3+. The monoisotopic (exact) mass is 356 g/mol. The van der Waals surface area contributed by atoms with Crippen LogP contribution in [0.5, 0.6) is 5.75 Å². The Balaban J connectivity index is 1.72. The molecule has 6 heteroatoms. The van der Waals surface area contributed by atoms with Crippen molar-refractivity contribution in [2.24, 2.45) is 0 Å². The first kappa shape index (κ1) is 19.5. The number of quaternary nitrogens is 1. The lowest BCUT2D eigenvalue weighted by atomic mass is 10.1. The summed E-state index contributed by atoms with van der Waals surface area (Å²) in [4.78, 5) is 24.9. The highest BCUT2D eigenvalue weighted by Crippen LogP contribution is 2.14. The van der Waals surface area contributed by atoms with Crippen LogP contribution in [-0.2, 0) is 16.1 Å². The van der Waals surface area contributed by atoms with E-state index in [0.29, 0.717) is 12.2 Å². The van der Waals surface area contributed by atoms with E-state index in [1.165, 1.54) is 5.56 Å². The van der Waals surface area contributed by atoms with Gasteiger partial charge in [0.1, 0.15) is 5.75 Å². The van der Waals surface area contributed by atoms with Crippen LogP contribution in [0.3, 0.4) is 0 Å². The van der Waals surface area contributed by atoms with Gasteiger partial charge in [0.15, 0.2) is 13.1 Å². The second-order valence-corrected chi connectivity index (χ2v) is 6.35. The van der Waals surface area contributed by atoms with Crippen LogP contribution in [0.4, 0.5) is 5.69 Å². The summed E-state index contributed by atoms with van der Waals surface area (Å²) in [6.45, 7) is 2.97. The molecule has 2 rings (SSSR count). The number of hydrogen-bond acceptors (Lipinski definition) is 3. The molecule has 138 valence electrons. The lowest BCUT2D eigenvalue weighted by Gasteiger charge is -2.14. The van der Waals surface area contributed by atoms with Crippen LogP contribution < -0.4 is 20.3 Å². The molecule has 2 aromatic carbocycles. The molecule has 0 saturated heterocycles. The van der Waals surface area contributed by atoms with Crippen molar-refractivity contribution in [2.75, 3.05) is 32.6 Å². The van der Waals surface area contributed by atoms with E-state index in [1.54, 1.807) is 31.4 Å². The summed E-state index contributed by atoms with van der Waals surface area (Å²) in [7, 11) is 3.41. The zero-order chi connectivity index (χ0) is 18.9. The second-order valence-electron chi connectivity index (χ2n) is 6.35. The van der Waals surface area contributed by atoms with Crippen LogP contribution in [-0.4, -0.2) is 39.1 Å². The maximum atomic E-state index is 12.1. The third-order valence-corrected chi connectivity index (χ3v) is 3.91. The Labute approximate surface area is 154 Å². The van der Waals surface area contributed by atoms with Gasteiger partial charge in [-0.25, -0.2) is 0 Å². The molecule has 0 aliphatic carbocycles. The van der Waals surface area contributed by atoms with Crippen molar-refractivity contribution >= 4 is 17.5 Å². The molecule has 0 aliphatic rings. The lowest BCUT2D eigenvalue weighted by molar-refractivity contribution is -0.862. The fraction of sp³-hybridized carbons (Fsp3) is 0.300. The van der Waals surface area contributed by atoms with E-state index in [9.17, 15) is 9.59 Å². The molecular weight excluding hydrogens is 330 g/mol. The predicted molar refractivity (Wildman–Crippen MR) is 101 cm³/mol. The average Bonchev–Trinajstić information content (AvgIpc) is 2.61. The Bertz CT molecular complexity index is 727. The summed E-state index contributed by atoms with van der Waals surface area (Å²) in [6, 6.07) is 15.1. The number of anilines is 1. The number of likely N-dealkylation sites (N-methyl/N-ethyl adjacent to an activating group) is 1. The zero-order valence-corrected chi connectivity index (χ0v) is 15.5. The Kier molecular flexibility index (Phi) is 7.17. The van der Waals surface area contributed by atoms with Gasteiger partial charge in [-0.3, -0.25) is 9.59 Å². The molecule has 1 atom stereocenters. The predicted octanol–water partition coefficient (Wildman–Crippen LogP) is 0.773. The van der Waals surface area contributed by atoms with Crippen molar-refractivity contribution in [2.45, 2.75) is 13.5 Å². The number of amides is 2.